The zero-order valence-corrected chi connectivity index (χ0v) is 5.51. The standard InChI is InChI=1S/C2H4O5S.H3N/c1-2(3)7-8(4,5)6;/h1H3,(H,4,5,6);1H3. The lowest BCUT2D eigenvalue weighted by Crippen LogP contribution is -2.07. The Morgan fingerprint density at radius 1 is 1.56 bits per heavy atom. The van der Waals surface area contributed by atoms with Crippen LogP contribution in [-0.2, 0) is 19.4 Å². The van der Waals surface area contributed by atoms with E-state index >= 15 is 0 Å². The summed E-state index contributed by atoms with van der Waals surface area (Å²) in [7, 11) is -4.57. The average molecular weight is 157 g/mol. The van der Waals surface area contributed by atoms with E-state index in [4.69, 9.17) is 4.55 Å². The smallest absolute Gasteiger partial charge is 0.344 e. The van der Waals surface area contributed by atoms with Crippen LogP contribution in [0.4, 0.5) is 0 Å². The molecule has 0 aromatic carbocycles. The normalized spacial score (nSPS) is 9.56. The molecular weight excluding hydrogens is 150 g/mol. The summed E-state index contributed by atoms with van der Waals surface area (Å²) in [6.45, 7) is 0.869. The topological polar surface area (TPSA) is 116 Å². The summed E-state index contributed by atoms with van der Waals surface area (Å²) in [5, 5.41) is 0. The molecule has 0 bridgehead atoms. The van der Waals surface area contributed by atoms with Crippen molar-refractivity contribution in [2.24, 2.45) is 0 Å². The first kappa shape index (κ1) is 11.2. The first-order valence-electron chi connectivity index (χ1n) is 1.59. The van der Waals surface area contributed by atoms with E-state index in [-0.39, 0.29) is 6.15 Å². The minimum absolute atomic E-state index is 0. The predicted octanol–water partition coefficient (Wildman–Crippen LogP) is -0.486. The number of hydrogen-bond donors (Lipinski definition) is 2. The van der Waals surface area contributed by atoms with Gasteiger partial charge < -0.3 is 10.3 Å². The van der Waals surface area contributed by atoms with Crippen LogP contribution >= 0.6 is 0 Å². The highest BCUT2D eigenvalue weighted by Gasteiger charge is 2.06. The van der Waals surface area contributed by atoms with Crippen LogP contribution in [-0.4, -0.2) is 18.9 Å². The van der Waals surface area contributed by atoms with E-state index in [1.54, 1.807) is 0 Å². The number of hydrogen-bond acceptors (Lipinski definition) is 5. The molecule has 56 valence electrons. The Kier molecular flexibility index (Phi) is 4.20. The van der Waals surface area contributed by atoms with Gasteiger partial charge in [-0.2, -0.15) is 8.42 Å². The van der Waals surface area contributed by atoms with Crippen LogP contribution in [0.5, 0.6) is 0 Å². The molecule has 7 heteroatoms. The first-order valence-corrected chi connectivity index (χ1v) is 2.96. The van der Waals surface area contributed by atoms with Gasteiger partial charge in [0.15, 0.2) is 0 Å². The molecule has 0 fully saturated rings. The van der Waals surface area contributed by atoms with E-state index < -0.39 is 16.4 Å². The summed E-state index contributed by atoms with van der Waals surface area (Å²) in [6.07, 6.45) is 0. The minimum Gasteiger partial charge on any atom is -0.344 e. The largest absolute Gasteiger partial charge is 0.448 e. The lowest BCUT2D eigenvalue weighted by atomic mass is 10.9. The highest BCUT2D eigenvalue weighted by molar-refractivity contribution is 7.81. The molecule has 0 aromatic heterocycles. The third-order valence-electron chi connectivity index (χ3n) is 0.223. The fourth-order valence-electron chi connectivity index (χ4n) is 0.148. The lowest BCUT2D eigenvalue weighted by Gasteiger charge is -1.90. The molecule has 0 rings (SSSR count). The van der Waals surface area contributed by atoms with Gasteiger partial charge in [0.05, 0.1) is 0 Å². The quantitative estimate of drug-likeness (QED) is 0.496. The van der Waals surface area contributed by atoms with Gasteiger partial charge in [-0.05, 0) is 0 Å². The van der Waals surface area contributed by atoms with Crippen LogP contribution in [0.25, 0.3) is 0 Å². The van der Waals surface area contributed by atoms with Gasteiger partial charge in [0.2, 0.25) is 0 Å². The molecule has 0 heterocycles. The molecule has 0 radical (unpaired) electrons. The Morgan fingerprint density at radius 2 is 1.89 bits per heavy atom. The van der Waals surface area contributed by atoms with Crippen LogP contribution in [0.3, 0.4) is 0 Å². The van der Waals surface area contributed by atoms with Crippen LogP contribution in [0.1, 0.15) is 6.92 Å². The Hall–Kier alpha value is -0.660. The van der Waals surface area contributed by atoms with E-state index in [0.717, 1.165) is 6.92 Å². The van der Waals surface area contributed by atoms with E-state index in [2.05, 4.69) is 4.18 Å². The SMILES string of the molecule is CC(=O)OS(=O)(=O)O.N. The van der Waals surface area contributed by atoms with Crippen molar-refractivity contribution in [2.45, 2.75) is 6.92 Å². The molecule has 0 atom stereocenters. The maximum absolute atomic E-state index is 9.70. The maximum Gasteiger partial charge on any atom is 0.448 e. The molecular formula is C2H7NO5S. The van der Waals surface area contributed by atoms with Crippen LogP contribution in [0, 0.1) is 0 Å². The summed E-state index contributed by atoms with van der Waals surface area (Å²) in [6, 6.07) is 0. The van der Waals surface area contributed by atoms with Crippen molar-refractivity contribution in [1.29, 1.82) is 0 Å². The van der Waals surface area contributed by atoms with Gasteiger partial charge in [0.1, 0.15) is 0 Å². The molecule has 0 unspecified atom stereocenters. The molecule has 4 N–H and O–H groups in total. The zero-order valence-electron chi connectivity index (χ0n) is 4.70. The highest BCUT2D eigenvalue weighted by Crippen LogP contribution is 1.84. The third-order valence-corrected chi connectivity index (χ3v) is 0.668. The van der Waals surface area contributed by atoms with Crippen molar-refractivity contribution in [3.05, 3.63) is 0 Å². The van der Waals surface area contributed by atoms with Gasteiger partial charge in [0.25, 0.3) is 0 Å². The van der Waals surface area contributed by atoms with E-state index in [1.165, 1.54) is 0 Å². The fraction of sp³-hybridized carbons (Fsp3) is 0.500. The van der Waals surface area contributed by atoms with Gasteiger partial charge in [0, 0.05) is 6.92 Å². The molecule has 0 saturated carbocycles. The predicted molar refractivity (Wildman–Crippen MR) is 28.3 cm³/mol. The van der Waals surface area contributed by atoms with Gasteiger partial charge in [-0.25, -0.2) is 0 Å². The second-order valence-corrected chi connectivity index (χ2v) is 2.02. The molecule has 0 aliphatic carbocycles. The minimum atomic E-state index is -4.57. The van der Waals surface area contributed by atoms with E-state index in [1.807, 2.05) is 0 Å². The van der Waals surface area contributed by atoms with Crippen LogP contribution in [0.2, 0.25) is 0 Å². The summed E-state index contributed by atoms with van der Waals surface area (Å²) in [5.74, 6) is -1.06. The fourth-order valence-corrected chi connectivity index (χ4v) is 0.445. The van der Waals surface area contributed by atoms with Gasteiger partial charge in [-0.15, -0.1) is 0 Å². The summed E-state index contributed by atoms with van der Waals surface area (Å²) < 4.78 is 30.2. The van der Waals surface area contributed by atoms with Crippen molar-refractivity contribution in [2.75, 3.05) is 0 Å². The Labute approximate surface area is 52.4 Å². The maximum atomic E-state index is 9.70. The number of rotatable bonds is 1. The molecule has 6 nitrogen and oxygen atoms in total. The molecule has 0 aliphatic rings. The second-order valence-electron chi connectivity index (χ2n) is 1.00. The van der Waals surface area contributed by atoms with Crippen molar-refractivity contribution < 1.29 is 21.9 Å². The van der Waals surface area contributed by atoms with Crippen molar-refractivity contribution in [3.63, 3.8) is 0 Å². The molecule has 0 aromatic rings. The molecule has 0 aliphatic heterocycles. The Bertz CT molecular complexity index is 181. The third kappa shape index (κ3) is 11.1. The zero-order chi connectivity index (χ0) is 6.78. The molecule has 9 heavy (non-hydrogen) atoms. The monoisotopic (exact) mass is 157 g/mol. The van der Waals surface area contributed by atoms with E-state index in [0.29, 0.717) is 0 Å². The average Bonchev–Trinajstić information content (AvgIpc) is 1.21. The summed E-state index contributed by atoms with van der Waals surface area (Å²) >= 11 is 0. The van der Waals surface area contributed by atoms with E-state index in [9.17, 15) is 13.2 Å². The Balaban J connectivity index is 0. The van der Waals surface area contributed by atoms with Crippen LogP contribution in [0.15, 0.2) is 0 Å². The lowest BCUT2D eigenvalue weighted by molar-refractivity contribution is -0.131. The first-order chi connectivity index (χ1) is 3.42. The summed E-state index contributed by atoms with van der Waals surface area (Å²) in [4.78, 5) is 9.70. The summed E-state index contributed by atoms with van der Waals surface area (Å²) in [5.41, 5.74) is 0. The van der Waals surface area contributed by atoms with Crippen LogP contribution < -0.4 is 6.15 Å². The van der Waals surface area contributed by atoms with Gasteiger partial charge >= 0.3 is 16.4 Å². The molecule has 0 spiro atoms. The number of carbonyl (C=O) groups is 1. The van der Waals surface area contributed by atoms with Crippen molar-refractivity contribution in [3.8, 4) is 0 Å². The van der Waals surface area contributed by atoms with Gasteiger partial charge in [-0.1, -0.05) is 0 Å². The Morgan fingerprint density at radius 3 is 1.89 bits per heavy atom. The number of carbonyl (C=O) groups excluding carboxylic acids is 1. The van der Waals surface area contributed by atoms with Crippen molar-refractivity contribution >= 4 is 16.4 Å². The van der Waals surface area contributed by atoms with Gasteiger partial charge in [-0.3, -0.25) is 9.35 Å². The molecule has 0 amide bonds. The van der Waals surface area contributed by atoms with Crippen molar-refractivity contribution in [1.82, 2.24) is 6.15 Å². The second kappa shape index (κ2) is 3.38. The molecule has 0 saturated heterocycles. The highest BCUT2D eigenvalue weighted by atomic mass is 32.3.